The zero-order valence-corrected chi connectivity index (χ0v) is 15.1. The molecule has 0 aliphatic heterocycles. The Bertz CT molecular complexity index is 868. The summed E-state index contributed by atoms with van der Waals surface area (Å²) in [5.41, 5.74) is 2.93. The lowest BCUT2D eigenvalue weighted by atomic mass is 9.88. The van der Waals surface area contributed by atoms with Crippen LogP contribution in [0.15, 0.2) is 84.9 Å². The van der Waals surface area contributed by atoms with Gasteiger partial charge < -0.3 is 10.1 Å². The Labute approximate surface area is 158 Å². The molecule has 4 heteroatoms. The number of hydrogen-bond acceptors (Lipinski definition) is 3. The van der Waals surface area contributed by atoms with E-state index in [-0.39, 0.29) is 18.2 Å². The maximum absolute atomic E-state index is 12.8. The van der Waals surface area contributed by atoms with Crippen molar-refractivity contribution >= 4 is 17.6 Å². The standard InChI is InChI=1S/C23H21NO3/c1-27-23(26)19-14-8-9-15-21(19)24-22(25)16-20(17-10-4-2-5-11-17)18-12-6-3-7-13-18/h2-15,20H,16H2,1H3,(H,24,25). The number of carbonyl (C=O) groups is 2. The lowest BCUT2D eigenvalue weighted by Gasteiger charge is -2.18. The van der Waals surface area contributed by atoms with Crippen LogP contribution in [0.25, 0.3) is 0 Å². The van der Waals surface area contributed by atoms with E-state index in [9.17, 15) is 9.59 Å². The largest absolute Gasteiger partial charge is 0.465 e. The van der Waals surface area contributed by atoms with Gasteiger partial charge in [-0.2, -0.15) is 0 Å². The molecule has 0 aliphatic rings. The fourth-order valence-electron chi connectivity index (χ4n) is 3.07. The van der Waals surface area contributed by atoms with Crippen LogP contribution in [0, 0.1) is 0 Å². The van der Waals surface area contributed by atoms with Gasteiger partial charge in [-0.1, -0.05) is 72.8 Å². The summed E-state index contributed by atoms with van der Waals surface area (Å²) < 4.78 is 4.79. The highest BCUT2D eigenvalue weighted by Crippen LogP contribution is 2.28. The first-order valence-electron chi connectivity index (χ1n) is 8.76. The van der Waals surface area contributed by atoms with Crippen molar-refractivity contribution in [1.29, 1.82) is 0 Å². The van der Waals surface area contributed by atoms with Crippen molar-refractivity contribution in [3.8, 4) is 0 Å². The monoisotopic (exact) mass is 359 g/mol. The van der Waals surface area contributed by atoms with E-state index in [4.69, 9.17) is 4.74 Å². The van der Waals surface area contributed by atoms with E-state index in [1.54, 1.807) is 24.3 Å². The molecule has 0 spiro atoms. The normalized spacial score (nSPS) is 10.4. The molecule has 136 valence electrons. The van der Waals surface area contributed by atoms with Gasteiger partial charge in [-0.15, -0.1) is 0 Å². The number of benzene rings is 3. The fraction of sp³-hybridized carbons (Fsp3) is 0.130. The van der Waals surface area contributed by atoms with Crippen LogP contribution in [0.5, 0.6) is 0 Å². The zero-order chi connectivity index (χ0) is 19.1. The first-order chi connectivity index (χ1) is 13.2. The van der Waals surface area contributed by atoms with Crippen molar-refractivity contribution in [2.45, 2.75) is 12.3 Å². The quantitative estimate of drug-likeness (QED) is 0.653. The number of para-hydroxylation sites is 1. The zero-order valence-electron chi connectivity index (χ0n) is 15.1. The summed E-state index contributed by atoms with van der Waals surface area (Å²) in [6, 6.07) is 26.7. The van der Waals surface area contributed by atoms with Gasteiger partial charge in [-0.25, -0.2) is 4.79 Å². The fourth-order valence-corrected chi connectivity index (χ4v) is 3.07. The molecule has 0 aliphatic carbocycles. The molecule has 3 aromatic rings. The minimum absolute atomic E-state index is 0.0716. The van der Waals surface area contributed by atoms with Gasteiger partial charge in [0.05, 0.1) is 18.4 Å². The molecule has 0 bridgehead atoms. The molecule has 0 fully saturated rings. The van der Waals surface area contributed by atoms with E-state index in [0.717, 1.165) is 11.1 Å². The van der Waals surface area contributed by atoms with Crippen LogP contribution in [0.3, 0.4) is 0 Å². The van der Waals surface area contributed by atoms with Gasteiger partial charge in [0.25, 0.3) is 0 Å². The Balaban J connectivity index is 1.83. The number of methoxy groups -OCH3 is 1. The Kier molecular flexibility index (Phi) is 6.00. The van der Waals surface area contributed by atoms with Crippen LogP contribution < -0.4 is 5.32 Å². The predicted octanol–water partition coefficient (Wildman–Crippen LogP) is 4.63. The Morgan fingerprint density at radius 1 is 0.815 bits per heavy atom. The maximum atomic E-state index is 12.8. The first-order valence-corrected chi connectivity index (χ1v) is 8.76. The van der Waals surface area contributed by atoms with E-state index in [0.29, 0.717) is 11.3 Å². The third kappa shape index (κ3) is 4.61. The molecule has 1 N–H and O–H groups in total. The molecule has 3 rings (SSSR count). The van der Waals surface area contributed by atoms with Gasteiger partial charge in [-0.3, -0.25) is 4.79 Å². The van der Waals surface area contributed by atoms with Gasteiger partial charge in [-0.05, 0) is 23.3 Å². The lowest BCUT2D eigenvalue weighted by Crippen LogP contribution is -2.18. The van der Waals surface area contributed by atoms with Crippen molar-refractivity contribution < 1.29 is 14.3 Å². The number of nitrogens with one attached hydrogen (secondary N) is 1. The summed E-state index contributed by atoms with van der Waals surface area (Å²) in [5, 5.41) is 2.86. The molecule has 0 unspecified atom stereocenters. The van der Waals surface area contributed by atoms with Crippen LogP contribution in [0.1, 0.15) is 33.8 Å². The van der Waals surface area contributed by atoms with Gasteiger partial charge in [0.2, 0.25) is 5.91 Å². The molecule has 0 saturated heterocycles. The Morgan fingerprint density at radius 3 is 1.89 bits per heavy atom. The second kappa shape index (κ2) is 8.81. The third-order valence-electron chi connectivity index (χ3n) is 4.40. The predicted molar refractivity (Wildman–Crippen MR) is 106 cm³/mol. The molecular weight excluding hydrogens is 338 g/mol. The third-order valence-corrected chi connectivity index (χ3v) is 4.40. The molecule has 4 nitrogen and oxygen atoms in total. The van der Waals surface area contributed by atoms with Crippen LogP contribution in [0.2, 0.25) is 0 Å². The molecule has 0 radical (unpaired) electrons. The summed E-state index contributed by atoms with van der Waals surface area (Å²) in [6.45, 7) is 0. The van der Waals surface area contributed by atoms with Crippen LogP contribution in [-0.4, -0.2) is 19.0 Å². The van der Waals surface area contributed by atoms with Crippen molar-refractivity contribution in [3.63, 3.8) is 0 Å². The van der Waals surface area contributed by atoms with E-state index >= 15 is 0 Å². The molecule has 0 saturated carbocycles. The molecule has 0 aromatic heterocycles. The van der Waals surface area contributed by atoms with Crippen molar-refractivity contribution in [2.75, 3.05) is 12.4 Å². The SMILES string of the molecule is COC(=O)c1ccccc1NC(=O)CC(c1ccccc1)c1ccccc1. The smallest absolute Gasteiger partial charge is 0.339 e. The highest BCUT2D eigenvalue weighted by molar-refractivity contribution is 6.01. The van der Waals surface area contributed by atoms with Crippen LogP contribution in [0.4, 0.5) is 5.69 Å². The van der Waals surface area contributed by atoms with E-state index in [1.165, 1.54) is 7.11 Å². The minimum Gasteiger partial charge on any atom is -0.465 e. The lowest BCUT2D eigenvalue weighted by molar-refractivity contribution is -0.116. The van der Waals surface area contributed by atoms with E-state index < -0.39 is 5.97 Å². The molecule has 27 heavy (non-hydrogen) atoms. The van der Waals surface area contributed by atoms with Crippen LogP contribution in [-0.2, 0) is 9.53 Å². The molecule has 3 aromatic carbocycles. The topological polar surface area (TPSA) is 55.4 Å². The number of hydrogen-bond donors (Lipinski definition) is 1. The highest BCUT2D eigenvalue weighted by atomic mass is 16.5. The summed E-state index contributed by atoms with van der Waals surface area (Å²) in [7, 11) is 1.32. The number of amides is 1. The number of ether oxygens (including phenoxy) is 1. The Morgan fingerprint density at radius 2 is 1.33 bits per heavy atom. The van der Waals surface area contributed by atoms with Crippen molar-refractivity contribution in [2.24, 2.45) is 0 Å². The van der Waals surface area contributed by atoms with Crippen molar-refractivity contribution in [1.82, 2.24) is 0 Å². The average Bonchev–Trinajstić information content (AvgIpc) is 2.73. The highest BCUT2D eigenvalue weighted by Gasteiger charge is 2.20. The van der Waals surface area contributed by atoms with E-state index in [2.05, 4.69) is 5.32 Å². The summed E-state index contributed by atoms with van der Waals surface area (Å²) in [5.74, 6) is -0.713. The minimum atomic E-state index is -0.478. The van der Waals surface area contributed by atoms with Gasteiger partial charge in [0, 0.05) is 12.3 Å². The second-order valence-corrected chi connectivity index (χ2v) is 6.16. The van der Waals surface area contributed by atoms with Gasteiger partial charge >= 0.3 is 5.97 Å². The molecule has 1 amide bonds. The molecule has 0 heterocycles. The summed E-state index contributed by atoms with van der Waals surface area (Å²) in [4.78, 5) is 24.7. The number of anilines is 1. The number of rotatable bonds is 6. The van der Waals surface area contributed by atoms with E-state index in [1.807, 2.05) is 60.7 Å². The number of esters is 1. The average molecular weight is 359 g/mol. The number of carbonyl (C=O) groups excluding carboxylic acids is 2. The van der Waals surface area contributed by atoms with Gasteiger partial charge in [0.15, 0.2) is 0 Å². The van der Waals surface area contributed by atoms with Crippen molar-refractivity contribution in [3.05, 3.63) is 102 Å². The second-order valence-electron chi connectivity index (χ2n) is 6.16. The first kappa shape index (κ1) is 18.4. The summed E-state index contributed by atoms with van der Waals surface area (Å²) in [6.07, 6.45) is 0.267. The maximum Gasteiger partial charge on any atom is 0.339 e. The van der Waals surface area contributed by atoms with Gasteiger partial charge in [0.1, 0.15) is 0 Å². The Hall–Kier alpha value is -3.40. The molecular formula is C23H21NO3. The van der Waals surface area contributed by atoms with Crippen LogP contribution >= 0.6 is 0 Å². The summed E-state index contributed by atoms with van der Waals surface area (Å²) >= 11 is 0. The molecule has 0 atom stereocenters.